The maximum atomic E-state index is 13.4. The quantitative estimate of drug-likeness (QED) is 0.267. The zero-order valence-corrected chi connectivity index (χ0v) is 22.6. The van der Waals surface area contributed by atoms with Crippen LogP contribution in [0.5, 0.6) is 11.5 Å². The molecule has 1 aliphatic heterocycles. The van der Waals surface area contributed by atoms with E-state index in [1.165, 1.54) is 0 Å². The number of carbonyl (C=O) groups excluding carboxylic acids is 1. The number of sulfonamides is 1. The summed E-state index contributed by atoms with van der Waals surface area (Å²) in [5.74, 6) is 1.48. The van der Waals surface area contributed by atoms with Gasteiger partial charge < -0.3 is 18.8 Å². The highest BCUT2D eigenvalue weighted by Gasteiger charge is 2.34. The fraction of sp³-hybridized carbons (Fsp3) is 0.300. The van der Waals surface area contributed by atoms with Crippen LogP contribution in [0, 0.1) is 0 Å². The number of ether oxygens (including phenoxy) is 2. The van der Waals surface area contributed by atoms with Gasteiger partial charge in [0.25, 0.3) is 0 Å². The Morgan fingerprint density at radius 3 is 2.32 bits per heavy atom. The average molecular weight is 533 g/mol. The van der Waals surface area contributed by atoms with Crippen molar-refractivity contribution in [3.63, 3.8) is 0 Å². The third-order valence-electron chi connectivity index (χ3n) is 7.03. The van der Waals surface area contributed by atoms with Crippen LogP contribution in [0.25, 0.3) is 22.0 Å². The number of rotatable bonds is 9. The Morgan fingerprint density at radius 2 is 1.66 bits per heavy atom. The summed E-state index contributed by atoms with van der Waals surface area (Å²) in [4.78, 5) is 11.7. The van der Waals surface area contributed by atoms with Gasteiger partial charge in [0.2, 0.25) is 10.0 Å². The molecule has 1 aromatic heterocycles. The van der Waals surface area contributed by atoms with Crippen LogP contribution in [0.2, 0.25) is 0 Å². The molecule has 0 amide bonds. The van der Waals surface area contributed by atoms with Crippen LogP contribution in [-0.4, -0.2) is 49.9 Å². The molecule has 0 aliphatic carbocycles. The minimum Gasteiger partial charge on any atom is -0.497 e. The first-order valence-corrected chi connectivity index (χ1v) is 14.2. The zero-order valence-electron chi connectivity index (χ0n) is 21.8. The summed E-state index contributed by atoms with van der Waals surface area (Å²) in [5, 5.41) is 1.04. The second-order valence-electron chi connectivity index (χ2n) is 9.85. The minimum absolute atomic E-state index is 0.0189. The van der Waals surface area contributed by atoms with Crippen molar-refractivity contribution in [2.45, 2.75) is 43.7 Å². The number of hydrogen-bond acceptors (Lipinski definition) is 5. The molecule has 7 nitrogen and oxygen atoms in total. The van der Waals surface area contributed by atoms with Crippen molar-refractivity contribution in [2.24, 2.45) is 0 Å². The molecule has 198 valence electrons. The molecule has 0 N–H and O–H groups in total. The van der Waals surface area contributed by atoms with Crippen molar-refractivity contribution >= 4 is 27.2 Å². The molecule has 3 aromatic carbocycles. The minimum atomic E-state index is -3.63. The van der Waals surface area contributed by atoms with Crippen LogP contribution in [0.1, 0.15) is 31.7 Å². The molecule has 1 unspecified atom stereocenters. The Kier molecular flexibility index (Phi) is 7.27. The van der Waals surface area contributed by atoms with E-state index in [2.05, 4.69) is 18.2 Å². The lowest BCUT2D eigenvalue weighted by Crippen LogP contribution is -2.28. The third-order valence-corrected chi connectivity index (χ3v) is 8.91. The number of hydrogen-bond donors (Lipinski definition) is 0. The first-order valence-electron chi connectivity index (χ1n) is 12.8. The Labute approximate surface area is 223 Å². The molecule has 38 heavy (non-hydrogen) atoms. The van der Waals surface area contributed by atoms with E-state index < -0.39 is 10.0 Å². The van der Waals surface area contributed by atoms with E-state index in [1.54, 1.807) is 35.7 Å². The summed E-state index contributed by atoms with van der Waals surface area (Å²) in [6, 6.07) is 20.7. The van der Waals surface area contributed by atoms with E-state index in [9.17, 15) is 13.2 Å². The molecule has 0 radical (unpaired) electrons. The van der Waals surface area contributed by atoms with Crippen LogP contribution >= 0.6 is 0 Å². The van der Waals surface area contributed by atoms with Gasteiger partial charge >= 0.3 is 0 Å². The molecule has 1 saturated heterocycles. The molecule has 2 heterocycles. The highest BCUT2D eigenvalue weighted by molar-refractivity contribution is 7.89. The van der Waals surface area contributed by atoms with Gasteiger partial charge in [0.15, 0.2) is 0 Å². The number of carbonyl (C=O) groups is 1. The summed E-state index contributed by atoms with van der Waals surface area (Å²) in [6.45, 7) is 4.94. The number of methoxy groups -OCH3 is 1. The molecule has 4 aromatic rings. The Bertz CT molecular complexity index is 1540. The Balaban J connectivity index is 1.42. The summed E-state index contributed by atoms with van der Waals surface area (Å²) in [5.41, 5.74) is 4.12. The van der Waals surface area contributed by atoms with Crippen molar-refractivity contribution < 1.29 is 22.7 Å². The Hall–Kier alpha value is -3.62. The normalized spacial score (nSPS) is 16.3. The van der Waals surface area contributed by atoms with Crippen molar-refractivity contribution in [1.29, 1.82) is 0 Å². The van der Waals surface area contributed by atoms with Gasteiger partial charge in [-0.3, -0.25) is 0 Å². The highest BCUT2D eigenvalue weighted by atomic mass is 32.2. The number of benzene rings is 3. The monoisotopic (exact) mass is 532 g/mol. The van der Waals surface area contributed by atoms with Crippen LogP contribution in [0.3, 0.4) is 0 Å². The van der Waals surface area contributed by atoms with Gasteiger partial charge in [-0.15, -0.1) is 0 Å². The van der Waals surface area contributed by atoms with E-state index in [4.69, 9.17) is 9.47 Å². The Morgan fingerprint density at radius 1 is 0.974 bits per heavy atom. The molecule has 5 rings (SSSR count). The predicted molar refractivity (Wildman–Crippen MR) is 148 cm³/mol. The number of aldehydes is 1. The van der Waals surface area contributed by atoms with Gasteiger partial charge in [0.05, 0.1) is 24.7 Å². The van der Waals surface area contributed by atoms with Gasteiger partial charge in [0, 0.05) is 36.1 Å². The smallest absolute Gasteiger partial charge is 0.243 e. The van der Waals surface area contributed by atoms with Gasteiger partial charge in [0.1, 0.15) is 17.8 Å². The number of fused-ring (bicyclic) bond motifs is 1. The van der Waals surface area contributed by atoms with E-state index in [-0.39, 0.29) is 23.5 Å². The van der Waals surface area contributed by atoms with Crippen molar-refractivity contribution in [3.8, 4) is 22.6 Å². The maximum Gasteiger partial charge on any atom is 0.243 e. The lowest BCUT2D eigenvalue weighted by atomic mass is 9.96. The SMILES string of the molecule is COc1ccc(-c2ccc3c(C4CCN(S(=O)(=O)c5ccc(OC(C)C)cc5)C4)cn(CC=O)c3c2)cc1. The molecular formula is C30H32N2O5S. The first kappa shape index (κ1) is 26.0. The lowest BCUT2D eigenvalue weighted by Gasteiger charge is -2.17. The second-order valence-corrected chi connectivity index (χ2v) is 11.8. The highest BCUT2D eigenvalue weighted by Crippen LogP contribution is 2.37. The fourth-order valence-corrected chi connectivity index (χ4v) is 6.65. The molecule has 0 saturated carbocycles. The van der Waals surface area contributed by atoms with Crippen molar-refractivity contribution in [3.05, 3.63) is 78.5 Å². The van der Waals surface area contributed by atoms with Gasteiger partial charge in [-0.1, -0.05) is 24.3 Å². The number of aromatic nitrogens is 1. The van der Waals surface area contributed by atoms with E-state index in [0.717, 1.165) is 39.6 Å². The van der Waals surface area contributed by atoms with Crippen LogP contribution < -0.4 is 9.47 Å². The average Bonchev–Trinajstić information content (AvgIpc) is 3.55. The van der Waals surface area contributed by atoms with Crippen LogP contribution in [0.4, 0.5) is 0 Å². The zero-order chi connectivity index (χ0) is 26.9. The van der Waals surface area contributed by atoms with E-state index >= 15 is 0 Å². The molecule has 0 spiro atoms. The maximum absolute atomic E-state index is 13.4. The van der Waals surface area contributed by atoms with Crippen LogP contribution in [-0.2, 0) is 21.4 Å². The van der Waals surface area contributed by atoms with E-state index in [1.807, 2.05) is 48.9 Å². The molecule has 8 heteroatoms. The summed E-state index contributed by atoms with van der Waals surface area (Å²) in [7, 11) is -1.98. The van der Waals surface area contributed by atoms with E-state index in [0.29, 0.717) is 25.3 Å². The largest absolute Gasteiger partial charge is 0.497 e. The molecule has 1 aliphatic rings. The third kappa shape index (κ3) is 5.06. The molecular weight excluding hydrogens is 500 g/mol. The standard InChI is InChI=1S/C30H32N2O5S/c1-21(2)37-26-9-11-27(12-10-26)38(34,35)32-15-14-24(19-32)29-20-31(16-17-33)30-18-23(6-13-28(29)30)22-4-7-25(36-3)8-5-22/h4-13,17-18,20-21,24H,14-16,19H2,1-3H3. The second kappa shape index (κ2) is 10.6. The van der Waals surface area contributed by atoms with Gasteiger partial charge in [-0.05, 0) is 79.4 Å². The lowest BCUT2D eigenvalue weighted by molar-refractivity contribution is -0.108. The van der Waals surface area contributed by atoms with Crippen molar-refractivity contribution in [1.82, 2.24) is 8.87 Å². The summed E-state index contributed by atoms with van der Waals surface area (Å²) >= 11 is 0. The molecule has 1 fully saturated rings. The fourth-order valence-electron chi connectivity index (χ4n) is 5.15. The number of nitrogens with zero attached hydrogens (tertiary/aromatic N) is 2. The predicted octanol–water partition coefficient (Wildman–Crippen LogP) is 5.48. The topological polar surface area (TPSA) is 77.8 Å². The molecule has 1 atom stereocenters. The van der Waals surface area contributed by atoms with Crippen molar-refractivity contribution in [2.75, 3.05) is 20.2 Å². The van der Waals surface area contributed by atoms with Gasteiger partial charge in [-0.25, -0.2) is 8.42 Å². The van der Waals surface area contributed by atoms with Crippen LogP contribution in [0.15, 0.2) is 77.8 Å². The summed E-state index contributed by atoms with van der Waals surface area (Å²) < 4.78 is 41.2. The first-order chi connectivity index (χ1) is 18.3. The van der Waals surface area contributed by atoms with Gasteiger partial charge in [-0.2, -0.15) is 4.31 Å². The molecule has 0 bridgehead atoms. The summed E-state index contributed by atoms with van der Waals surface area (Å²) in [6.07, 6.45) is 3.64.